The Hall–Kier alpha value is -1.65. The number of hydrogen-bond donors (Lipinski definition) is 1. The lowest BCUT2D eigenvalue weighted by Gasteiger charge is -2.04. The Bertz CT molecular complexity index is 651. The first-order valence-electron chi connectivity index (χ1n) is 6.40. The Labute approximate surface area is 116 Å². The molecule has 0 amide bonds. The van der Waals surface area contributed by atoms with Crippen molar-refractivity contribution in [3.05, 3.63) is 42.2 Å². The highest BCUT2D eigenvalue weighted by Crippen LogP contribution is 2.30. The fourth-order valence-electron chi connectivity index (χ4n) is 1.87. The predicted molar refractivity (Wildman–Crippen MR) is 79.3 cm³/mol. The van der Waals surface area contributed by atoms with E-state index in [0.717, 1.165) is 28.6 Å². The van der Waals surface area contributed by atoms with E-state index in [2.05, 4.69) is 30.2 Å². The Morgan fingerprint density at radius 3 is 2.84 bits per heavy atom. The van der Waals surface area contributed by atoms with E-state index in [1.165, 1.54) is 4.70 Å². The van der Waals surface area contributed by atoms with Crippen LogP contribution in [0.3, 0.4) is 0 Å². The molecule has 0 saturated heterocycles. The molecule has 0 spiro atoms. The van der Waals surface area contributed by atoms with Crippen molar-refractivity contribution in [3.63, 3.8) is 0 Å². The highest BCUT2D eigenvalue weighted by molar-refractivity contribution is 7.21. The number of nitrogens with zero attached hydrogens (tertiary/aromatic N) is 1. The van der Waals surface area contributed by atoms with Gasteiger partial charge in [0.05, 0.1) is 16.8 Å². The lowest BCUT2D eigenvalue weighted by atomic mass is 10.3. The third-order valence-electron chi connectivity index (χ3n) is 2.85. The maximum Gasteiger partial charge on any atom is 0.163 e. The third kappa shape index (κ3) is 2.69. The summed E-state index contributed by atoms with van der Waals surface area (Å²) in [6.45, 7) is 5.00. The molecular weight excluding hydrogens is 256 g/mol. The SMILES string of the molecule is CC(C)NCc1ccc(-c2nc3ccccc3s2)o1. The molecule has 0 radical (unpaired) electrons. The average Bonchev–Trinajstić information content (AvgIpc) is 3.02. The molecule has 0 atom stereocenters. The Kier molecular flexibility index (Phi) is 3.36. The van der Waals surface area contributed by atoms with Gasteiger partial charge in [0, 0.05) is 6.04 Å². The first-order chi connectivity index (χ1) is 9.22. The monoisotopic (exact) mass is 272 g/mol. The molecule has 1 aromatic carbocycles. The second-order valence-electron chi connectivity index (χ2n) is 4.79. The van der Waals surface area contributed by atoms with Gasteiger partial charge in [-0.2, -0.15) is 0 Å². The number of aromatic nitrogens is 1. The Balaban J connectivity index is 1.85. The summed E-state index contributed by atoms with van der Waals surface area (Å²) in [5.41, 5.74) is 1.03. The van der Waals surface area contributed by atoms with Crippen molar-refractivity contribution in [1.29, 1.82) is 0 Å². The molecule has 0 unspecified atom stereocenters. The number of thiazole rings is 1. The van der Waals surface area contributed by atoms with Crippen LogP contribution in [0.4, 0.5) is 0 Å². The highest BCUT2D eigenvalue weighted by atomic mass is 32.1. The van der Waals surface area contributed by atoms with Crippen molar-refractivity contribution in [2.45, 2.75) is 26.4 Å². The quantitative estimate of drug-likeness (QED) is 0.778. The maximum absolute atomic E-state index is 5.84. The predicted octanol–water partition coefficient (Wildman–Crippen LogP) is 4.05. The molecule has 3 aromatic rings. The summed E-state index contributed by atoms with van der Waals surface area (Å²) < 4.78 is 7.03. The lowest BCUT2D eigenvalue weighted by Crippen LogP contribution is -2.21. The fourth-order valence-corrected chi connectivity index (χ4v) is 2.80. The molecule has 0 aliphatic carbocycles. The molecule has 98 valence electrons. The van der Waals surface area contributed by atoms with Gasteiger partial charge in [0.2, 0.25) is 0 Å². The van der Waals surface area contributed by atoms with E-state index < -0.39 is 0 Å². The molecule has 3 rings (SSSR count). The van der Waals surface area contributed by atoms with Crippen LogP contribution in [0.2, 0.25) is 0 Å². The van der Waals surface area contributed by atoms with Crippen LogP contribution in [0.15, 0.2) is 40.8 Å². The standard InChI is InChI=1S/C15H16N2OS/c1-10(2)16-9-11-7-8-13(18-11)15-17-12-5-3-4-6-14(12)19-15/h3-8,10,16H,9H2,1-2H3. The molecule has 4 heteroatoms. The van der Waals surface area contributed by atoms with Gasteiger partial charge in [-0.25, -0.2) is 4.98 Å². The van der Waals surface area contributed by atoms with Crippen molar-refractivity contribution in [2.24, 2.45) is 0 Å². The first-order valence-corrected chi connectivity index (χ1v) is 7.22. The molecule has 0 fully saturated rings. The summed E-state index contributed by atoms with van der Waals surface area (Å²) in [5.74, 6) is 1.80. The molecule has 2 aromatic heterocycles. The van der Waals surface area contributed by atoms with E-state index in [1.54, 1.807) is 11.3 Å². The van der Waals surface area contributed by atoms with E-state index in [1.807, 2.05) is 30.3 Å². The first kappa shape index (κ1) is 12.4. The van der Waals surface area contributed by atoms with Gasteiger partial charge in [0.25, 0.3) is 0 Å². The molecule has 0 bridgehead atoms. The number of para-hydroxylation sites is 1. The van der Waals surface area contributed by atoms with Gasteiger partial charge >= 0.3 is 0 Å². The van der Waals surface area contributed by atoms with Crippen LogP contribution in [0, 0.1) is 0 Å². The van der Waals surface area contributed by atoms with Crippen molar-refractivity contribution < 1.29 is 4.42 Å². The minimum atomic E-state index is 0.455. The smallest absolute Gasteiger partial charge is 0.163 e. The zero-order valence-electron chi connectivity index (χ0n) is 11.0. The van der Waals surface area contributed by atoms with Crippen LogP contribution >= 0.6 is 11.3 Å². The van der Waals surface area contributed by atoms with E-state index in [9.17, 15) is 0 Å². The second-order valence-corrected chi connectivity index (χ2v) is 5.82. The van der Waals surface area contributed by atoms with E-state index >= 15 is 0 Å². The molecule has 2 heterocycles. The molecule has 0 aliphatic rings. The topological polar surface area (TPSA) is 38.1 Å². The van der Waals surface area contributed by atoms with Crippen molar-refractivity contribution in [1.82, 2.24) is 10.3 Å². The Morgan fingerprint density at radius 1 is 1.21 bits per heavy atom. The van der Waals surface area contributed by atoms with Crippen LogP contribution in [0.1, 0.15) is 19.6 Å². The minimum Gasteiger partial charge on any atom is -0.457 e. The molecule has 19 heavy (non-hydrogen) atoms. The number of benzene rings is 1. The normalized spacial score (nSPS) is 11.5. The van der Waals surface area contributed by atoms with Gasteiger partial charge in [0.15, 0.2) is 10.8 Å². The zero-order valence-corrected chi connectivity index (χ0v) is 11.8. The molecule has 3 nitrogen and oxygen atoms in total. The van der Waals surface area contributed by atoms with Gasteiger partial charge in [0.1, 0.15) is 5.76 Å². The summed E-state index contributed by atoms with van der Waals surface area (Å²) in [7, 11) is 0. The summed E-state index contributed by atoms with van der Waals surface area (Å²) >= 11 is 1.66. The number of fused-ring (bicyclic) bond motifs is 1. The molecular formula is C15H16N2OS. The van der Waals surface area contributed by atoms with E-state index in [4.69, 9.17) is 4.42 Å². The van der Waals surface area contributed by atoms with Crippen LogP contribution < -0.4 is 5.32 Å². The summed E-state index contributed by atoms with van der Waals surface area (Å²) in [6.07, 6.45) is 0. The van der Waals surface area contributed by atoms with E-state index in [-0.39, 0.29) is 0 Å². The summed E-state index contributed by atoms with van der Waals surface area (Å²) in [6, 6.07) is 12.6. The molecule has 0 saturated carbocycles. The van der Waals surface area contributed by atoms with Crippen molar-refractivity contribution >= 4 is 21.6 Å². The highest BCUT2D eigenvalue weighted by Gasteiger charge is 2.10. The number of furan rings is 1. The van der Waals surface area contributed by atoms with Crippen LogP contribution in [0.25, 0.3) is 21.0 Å². The number of nitrogens with one attached hydrogen (secondary N) is 1. The second kappa shape index (κ2) is 5.15. The number of hydrogen-bond acceptors (Lipinski definition) is 4. The zero-order chi connectivity index (χ0) is 13.2. The van der Waals surface area contributed by atoms with Gasteiger partial charge < -0.3 is 9.73 Å². The molecule has 1 N–H and O–H groups in total. The summed E-state index contributed by atoms with van der Waals surface area (Å²) in [5, 5.41) is 4.28. The fraction of sp³-hybridized carbons (Fsp3) is 0.267. The third-order valence-corrected chi connectivity index (χ3v) is 3.90. The van der Waals surface area contributed by atoms with Crippen molar-refractivity contribution in [2.75, 3.05) is 0 Å². The molecule has 0 aliphatic heterocycles. The van der Waals surface area contributed by atoms with Crippen molar-refractivity contribution in [3.8, 4) is 10.8 Å². The lowest BCUT2D eigenvalue weighted by molar-refractivity contribution is 0.473. The van der Waals surface area contributed by atoms with Gasteiger partial charge in [-0.1, -0.05) is 26.0 Å². The van der Waals surface area contributed by atoms with Crippen LogP contribution in [-0.4, -0.2) is 11.0 Å². The van der Waals surface area contributed by atoms with E-state index in [0.29, 0.717) is 6.04 Å². The minimum absolute atomic E-state index is 0.455. The summed E-state index contributed by atoms with van der Waals surface area (Å²) in [4.78, 5) is 4.60. The largest absolute Gasteiger partial charge is 0.457 e. The Morgan fingerprint density at radius 2 is 2.05 bits per heavy atom. The van der Waals surface area contributed by atoms with Gasteiger partial charge in [-0.05, 0) is 24.3 Å². The average molecular weight is 272 g/mol. The van der Waals surface area contributed by atoms with Gasteiger partial charge in [-0.3, -0.25) is 0 Å². The van der Waals surface area contributed by atoms with Crippen LogP contribution in [-0.2, 0) is 6.54 Å². The van der Waals surface area contributed by atoms with Crippen LogP contribution in [0.5, 0.6) is 0 Å². The maximum atomic E-state index is 5.84. The van der Waals surface area contributed by atoms with Gasteiger partial charge in [-0.15, -0.1) is 11.3 Å². The number of rotatable bonds is 4.